The van der Waals surface area contributed by atoms with Gasteiger partial charge in [0, 0.05) is 23.2 Å². The van der Waals surface area contributed by atoms with Gasteiger partial charge in [0.15, 0.2) is 0 Å². The van der Waals surface area contributed by atoms with Gasteiger partial charge in [-0.3, -0.25) is 5.32 Å². The zero-order valence-corrected chi connectivity index (χ0v) is 11.8. The average molecular weight is 283 g/mol. The molecule has 1 heterocycles. The maximum absolute atomic E-state index is 11.7. The van der Waals surface area contributed by atoms with Gasteiger partial charge in [-0.1, -0.05) is 17.7 Å². The third kappa shape index (κ3) is 4.40. The van der Waals surface area contributed by atoms with Gasteiger partial charge < -0.3 is 10.1 Å². The quantitative estimate of drug-likeness (QED) is 0.895. The summed E-state index contributed by atoms with van der Waals surface area (Å²) >= 11 is 6.00. The first kappa shape index (κ1) is 14.2. The van der Waals surface area contributed by atoms with E-state index in [1.54, 1.807) is 6.07 Å². The van der Waals surface area contributed by atoms with E-state index in [-0.39, 0.29) is 0 Å². The molecule has 1 fully saturated rings. The second kappa shape index (κ2) is 6.78. The third-order valence-corrected chi connectivity index (χ3v) is 3.67. The van der Waals surface area contributed by atoms with Crippen molar-refractivity contribution in [3.63, 3.8) is 0 Å². The lowest BCUT2D eigenvalue weighted by Crippen LogP contribution is -2.33. The molecule has 2 rings (SSSR count). The molecule has 0 spiro atoms. The summed E-state index contributed by atoms with van der Waals surface area (Å²) in [5.41, 5.74) is 1.64. The van der Waals surface area contributed by atoms with Gasteiger partial charge in [0.25, 0.3) is 0 Å². The lowest BCUT2D eigenvalue weighted by atomic mass is 10.0. The number of anilines is 1. The number of benzene rings is 1. The molecule has 1 aromatic rings. The minimum Gasteiger partial charge on any atom is -0.449 e. The molecular formula is C14H19ClN2O2. The van der Waals surface area contributed by atoms with Crippen LogP contribution in [-0.2, 0) is 4.74 Å². The number of amides is 1. The molecule has 1 unspecified atom stereocenters. The molecule has 0 saturated carbocycles. The number of aryl methyl sites for hydroxylation is 1. The number of carbonyl (C=O) groups is 1. The van der Waals surface area contributed by atoms with Gasteiger partial charge in [-0.15, -0.1) is 0 Å². The van der Waals surface area contributed by atoms with E-state index in [0.717, 1.165) is 31.5 Å². The summed E-state index contributed by atoms with van der Waals surface area (Å²) in [7, 11) is 0. The number of ether oxygens (including phenoxy) is 1. The maximum Gasteiger partial charge on any atom is 0.411 e. The smallest absolute Gasteiger partial charge is 0.411 e. The van der Waals surface area contributed by atoms with E-state index in [9.17, 15) is 4.79 Å². The van der Waals surface area contributed by atoms with Crippen molar-refractivity contribution in [2.75, 3.05) is 25.0 Å². The summed E-state index contributed by atoms with van der Waals surface area (Å²) in [5.74, 6) is 0.418. The van der Waals surface area contributed by atoms with Crippen molar-refractivity contribution in [1.29, 1.82) is 0 Å². The highest BCUT2D eigenvalue weighted by atomic mass is 35.5. The average Bonchev–Trinajstić information content (AvgIpc) is 2.42. The Balaban J connectivity index is 1.78. The summed E-state index contributed by atoms with van der Waals surface area (Å²) in [6, 6.07) is 5.40. The van der Waals surface area contributed by atoms with Crippen molar-refractivity contribution in [2.45, 2.75) is 19.8 Å². The van der Waals surface area contributed by atoms with Crippen LogP contribution in [0.3, 0.4) is 0 Å². The number of piperidine rings is 1. The van der Waals surface area contributed by atoms with E-state index in [1.807, 2.05) is 19.1 Å². The third-order valence-electron chi connectivity index (χ3n) is 3.27. The monoisotopic (exact) mass is 282 g/mol. The van der Waals surface area contributed by atoms with Crippen LogP contribution >= 0.6 is 11.6 Å². The molecular weight excluding hydrogens is 264 g/mol. The van der Waals surface area contributed by atoms with Crippen molar-refractivity contribution in [1.82, 2.24) is 5.32 Å². The topological polar surface area (TPSA) is 50.4 Å². The van der Waals surface area contributed by atoms with Crippen molar-refractivity contribution >= 4 is 23.4 Å². The van der Waals surface area contributed by atoms with E-state index in [2.05, 4.69) is 10.6 Å². The zero-order valence-electron chi connectivity index (χ0n) is 11.0. The lowest BCUT2D eigenvalue weighted by molar-refractivity contribution is 0.132. The minimum atomic E-state index is -0.425. The Bertz CT molecular complexity index is 445. The Morgan fingerprint density at radius 2 is 2.42 bits per heavy atom. The summed E-state index contributed by atoms with van der Waals surface area (Å²) in [5, 5.41) is 6.61. The summed E-state index contributed by atoms with van der Waals surface area (Å²) < 4.78 is 5.22. The van der Waals surface area contributed by atoms with Crippen LogP contribution in [0.15, 0.2) is 18.2 Å². The Morgan fingerprint density at radius 1 is 1.58 bits per heavy atom. The first-order chi connectivity index (χ1) is 9.15. The Morgan fingerprint density at radius 3 is 3.11 bits per heavy atom. The molecule has 1 atom stereocenters. The molecule has 1 amide bonds. The second-order valence-corrected chi connectivity index (χ2v) is 5.31. The number of rotatable bonds is 3. The molecule has 0 bridgehead atoms. The van der Waals surface area contributed by atoms with Crippen LogP contribution < -0.4 is 10.6 Å². The molecule has 1 aliphatic rings. The number of nitrogens with one attached hydrogen (secondary N) is 2. The largest absolute Gasteiger partial charge is 0.449 e. The number of hydrogen-bond acceptors (Lipinski definition) is 3. The van der Waals surface area contributed by atoms with Crippen molar-refractivity contribution in [3.05, 3.63) is 28.8 Å². The molecule has 2 N–H and O–H groups in total. The van der Waals surface area contributed by atoms with Gasteiger partial charge in [0.1, 0.15) is 0 Å². The van der Waals surface area contributed by atoms with Gasteiger partial charge in [-0.2, -0.15) is 0 Å². The number of hydrogen-bond donors (Lipinski definition) is 2. The molecule has 4 nitrogen and oxygen atoms in total. The van der Waals surface area contributed by atoms with Gasteiger partial charge in [-0.05, 0) is 44.0 Å². The van der Waals surface area contributed by atoms with Crippen molar-refractivity contribution in [3.8, 4) is 0 Å². The van der Waals surface area contributed by atoms with Crippen LogP contribution in [0.2, 0.25) is 5.02 Å². The SMILES string of the molecule is Cc1ccc(NC(=O)OCC2CCCNC2)cc1Cl. The first-order valence-corrected chi connectivity index (χ1v) is 6.93. The fourth-order valence-electron chi connectivity index (χ4n) is 2.08. The number of carbonyl (C=O) groups excluding carboxylic acids is 1. The zero-order chi connectivity index (χ0) is 13.7. The minimum absolute atomic E-state index is 0.418. The van der Waals surface area contributed by atoms with Crippen molar-refractivity contribution in [2.24, 2.45) is 5.92 Å². The predicted molar refractivity (Wildman–Crippen MR) is 76.8 cm³/mol. The van der Waals surface area contributed by atoms with Crippen LogP contribution in [0.5, 0.6) is 0 Å². The fourth-order valence-corrected chi connectivity index (χ4v) is 2.26. The van der Waals surface area contributed by atoms with Gasteiger partial charge in [0.05, 0.1) is 6.61 Å². The van der Waals surface area contributed by atoms with Gasteiger partial charge in [-0.25, -0.2) is 4.79 Å². The molecule has 1 aromatic carbocycles. The second-order valence-electron chi connectivity index (χ2n) is 4.90. The number of halogens is 1. The molecule has 104 valence electrons. The van der Waals surface area contributed by atoms with Crippen molar-refractivity contribution < 1.29 is 9.53 Å². The fraction of sp³-hybridized carbons (Fsp3) is 0.500. The molecule has 0 aromatic heterocycles. The van der Waals surface area contributed by atoms with Gasteiger partial charge in [0.2, 0.25) is 0 Å². The van der Waals surface area contributed by atoms with E-state index >= 15 is 0 Å². The van der Waals surface area contributed by atoms with E-state index < -0.39 is 6.09 Å². The molecule has 0 radical (unpaired) electrons. The standard InChI is InChI=1S/C14H19ClN2O2/c1-10-4-5-12(7-13(10)15)17-14(18)19-9-11-3-2-6-16-8-11/h4-5,7,11,16H,2-3,6,8-9H2,1H3,(H,17,18). The van der Waals surface area contributed by atoms with Crippen LogP contribution in [0, 0.1) is 12.8 Å². The van der Waals surface area contributed by atoms with Crippen LogP contribution in [0.25, 0.3) is 0 Å². The molecule has 0 aliphatic carbocycles. The van der Waals surface area contributed by atoms with Crippen LogP contribution in [0.4, 0.5) is 10.5 Å². The van der Waals surface area contributed by atoms with Crippen LogP contribution in [0.1, 0.15) is 18.4 Å². The Kier molecular flexibility index (Phi) is 5.05. The summed E-state index contributed by atoms with van der Waals surface area (Å²) in [6.07, 6.45) is 1.82. The predicted octanol–water partition coefficient (Wildman–Crippen LogP) is 3.20. The van der Waals surface area contributed by atoms with Crippen LogP contribution in [-0.4, -0.2) is 25.8 Å². The molecule has 5 heteroatoms. The summed E-state index contributed by atoms with van der Waals surface area (Å²) in [6.45, 7) is 4.35. The highest BCUT2D eigenvalue weighted by molar-refractivity contribution is 6.31. The highest BCUT2D eigenvalue weighted by Gasteiger charge is 2.15. The highest BCUT2D eigenvalue weighted by Crippen LogP contribution is 2.20. The molecule has 1 saturated heterocycles. The normalized spacial score (nSPS) is 18.9. The van der Waals surface area contributed by atoms with E-state index in [1.165, 1.54) is 0 Å². The molecule has 1 aliphatic heterocycles. The maximum atomic E-state index is 11.7. The van der Waals surface area contributed by atoms with E-state index in [4.69, 9.17) is 16.3 Å². The Hall–Kier alpha value is -1.26. The first-order valence-electron chi connectivity index (χ1n) is 6.56. The van der Waals surface area contributed by atoms with Gasteiger partial charge >= 0.3 is 6.09 Å². The lowest BCUT2D eigenvalue weighted by Gasteiger charge is -2.22. The van der Waals surface area contributed by atoms with E-state index in [0.29, 0.717) is 23.2 Å². The Labute approximate surface area is 118 Å². The summed E-state index contributed by atoms with van der Waals surface area (Å²) in [4.78, 5) is 11.7. The molecule has 19 heavy (non-hydrogen) atoms.